The molecule has 0 aromatic rings. The summed E-state index contributed by atoms with van der Waals surface area (Å²) in [5.74, 6) is -0.354. The number of carbonyl (C=O) groups excluding carboxylic acids is 2. The molecule has 0 aliphatic rings. The second-order valence-corrected chi connectivity index (χ2v) is 9.57. The number of amides is 1. The maximum absolute atomic E-state index is 12.0. The van der Waals surface area contributed by atoms with E-state index < -0.39 is 6.04 Å². The fourth-order valence-electron chi connectivity index (χ4n) is 4.03. The van der Waals surface area contributed by atoms with Crippen molar-refractivity contribution >= 4 is 11.9 Å². The van der Waals surface area contributed by atoms with Gasteiger partial charge in [0.15, 0.2) is 0 Å². The monoisotopic (exact) mass is 453 g/mol. The highest BCUT2D eigenvalue weighted by molar-refractivity contribution is 5.84. The predicted molar refractivity (Wildman–Crippen MR) is 137 cm³/mol. The van der Waals surface area contributed by atoms with Crippen LogP contribution in [0.3, 0.4) is 0 Å². The smallest absolute Gasteiger partial charge is 0.328 e. The number of esters is 1. The summed E-state index contributed by atoms with van der Waals surface area (Å²) in [6.07, 6.45) is 26.0. The highest BCUT2D eigenvalue weighted by Crippen LogP contribution is 2.13. The maximum Gasteiger partial charge on any atom is 0.328 e. The quantitative estimate of drug-likeness (QED) is 0.118. The molecule has 0 saturated heterocycles. The average molecular weight is 454 g/mol. The van der Waals surface area contributed by atoms with Crippen molar-refractivity contribution in [3.63, 3.8) is 0 Å². The lowest BCUT2D eigenvalue weighted by Gasteiger charge is -2.13. The molecule has 0 aromatic heterocycles. The first-order chi connectivity index (χ1) is 15.6. The molecule has 1 amide bonds. The van der Waals surface area contributed by atoms with Gasteiger partial charge in [-0.05, 0) is 19.8 Å². The van der Waals surface area contributed by atoms with Gasteiger partial charge < -0.3 is 10.1 Å². The summed E-state index contributed by atoms with van der Waals surface area (Å²) < 4.78 is 5.32. The summed E-state index contributed by atoms with van der Waals surface area (Å²) in [6, 6.07) is -0.547. The minimum Gasteiger partial charge on any atom is -0.464 e. The molecule has 0 aliphatic carbocycles. The molecule has 0 aromatic carbocycles. The van der Waals surface area contributed by atoms with Crippen LogP contribution < -0.4 is 5.32 Å². The van der Waals surface area contributed by atoms with E-state index in [1.165, 1.54) is 103 Å². The third-order valence-corrected chi connectivity index (χ3v) is 6.23. The fraction of sp³-hybridized carbons (Fsp3) is 0.929. The molecule has 0 spiro atoms. The van der Waals surface area contributed by atoms with Crippen molar-refractivity contribution in [1.82, 2.24) is 5.32 Å². The van der Waals surface area contributed by atoms with E-state index in [0.717, 1.165) is 25.7 Å². The Kier molecular flexibility index (Phi) is 23.8. The second-order valence-electron chi connectivity index (χ2n) is 9.57. The molecular weight excluding hydrogens is 398 g/mol. The molecule has 0 heterocycles. The van der Waals surface area contributed by atoms with Gasteiger partial charge >= 0.3 is 5.97 Å². The van der Waals surface area contributed by atoms with Crippen LogP contribution in [0.15, 0.2) is 0 Å². The third-order valence-electron chi connectivity index (χ3n) is 6.23. The molecule has 4 nitrogen and oxygen atoms in total. The summed E-state index contributed by atoms with van der Waals surface area (Å²) in [6.45, 7) is 6.63. The van der Waals surface area contributed by atoms with E-state index in [2.05, 4.69) is 19.2 Å². The molecule has 1 N–H and O–H groups in total. The molecular formula is C28H55NO3. The van der Waals surface area contributed by atoms with Crippen LogP contribution >= 0.6 is 0 Å². The Balaban J connectivity index is 3.38. The SMILES string of the molecule is CCCCCCCCCCCCCCCCCOC(=O)[C@H](C)NC(=O)CCCCCCC. The summed E-state index contributed by atoms with van der Waals surface area (Å²) in [5.41, 5.74) is 0. The summed E-state index contributed by atoms with van der Waals surface area (Å²) in [7, 11) is 0. The number of hydrogen-bond acceptors (Lipinski definition) is 3. The van der Waals surface area contributed by atoms with Gasteiger partial charge in [0.2, 0.25) is 5.91 Å². The molecule has 0 fully saturated rings. The van der Waals surface area contributed by atoms with Gasteiger partial charge in [0.25, 0.3) is 0 Å². The zero-order valence-corrected chi connectivity index (χ0v) is 21.9. The number of ether oxygens (including phenoxy) is 1. The highest BCUT2D eigenvalue weighted by Gasteiger charge is 2.16. The van der Waals surface area contributed by atoms with Crippen molar-refractivity contribution < 1.29 is 14.3 Å². The summed E-state index contributed by atoms with van der Waals surface area (Å²) in [5, 5.41) is 2.76. The van der Waals surface area contributed by atoms with Crippen LogP contribution in [0.1, 0.15) is 156 Å². The van der Waals surface area contributed by atoms with E-state index in [1.807, 2.05) is 0 Å². The maximum atomic E-state index is 12.0. The van der Waals surface area contributed by atoms with Gasteiger partial charge in [0.05, 0.1) is 6.61 Å². The molecule has 0 rings (SSSR count). The molecule has 1 atom stereocenters. The van der Waals surface area contributed by atoms with E-state index in [-0.39, 0.29) is 11.9 Å². The van der Waals surface area contributed by atoms with Crippen molar-refractivity contribution in [2.75, 3.05) is 6.61 Å². The van der Waals surface area contributed by atoms with Gasteiger partial charge in [-0.15, -0.1) is 0 Å². The van der Waals surface area contributed by atoms with Crippen LogP contribution in [0.25, 0.3) is 0 Å². The first-order valence-electron chi connectivity index (χ1n) is 14.1. The highest BCUT2D eigenvalue weighted by atomic mass is 16.5. The standard InChI is InChI=1S/C28H55NO3/c1-4-6-8-10-11-12-13-14-15-16-17-18-19-21-23-25-32-28(31)26(3)29-27(30)24-22-20-9-7-5-2/h26H,4-25H2,1-3H3,(H,29,30)/t26-/m0/s1. The Morgan fingerprint density at radius 1 is 0.594 bits per heavy atom. The van der Waals surface area contributed by atoms with Gasteiger partial charge in [-0.25, -0.2) is 4.79 Å². The molecule has 190 valence electrons. The van der Waals surface area contributed by atoms with Gasteiger partial charge in [-0.2, -0.15) is 0 Å². The lowest BCUT2D eigenvalue weighted by molar-refractivity contribution is -0.147. The Hall–Kier alpha value is -1.06. The van der Waals surface area contributed by atoms with Crippen LogP contribution in [0.2, 0.25) is 0 Å². The minimum atomic E-state index is -0.547. The summed E-state index contributed by atoms with van der Waals surface area (Å²) >= 11 is 0. The molecule has 0 saturated carbocycles. The predicted octanol–water partition coefficient (Wildman–Crippen LogP) is 8.27. The Bertz CT molecular complexity index is 425. The van der Waals surface area contributed by atoms with Gasteiger partial charge in [-0.3, -0.25) is 4.79 Å². The van der Waals surface area contributed by atoms with Gasteiger partial charge in [-0.1, -0.05) is 129 Å². The molecule has 0 aliphatic heterocycles. The van der Waals surface area contributed by atoms with Crippen LogP contribution in [0, 0.1) is 0 Å². The van der Waals surface area contributed by atoms with E-state index in [1.54, 1.807) is 6.92 Å². The van der Waals surface area contributed by atoms with E-state index in [4.69, 9.17) is 4.74 Å². The topological polar surface area (TPSA) is 55.4 Å². The molecule has 0 radical (unpaired) electrons. The average Bonchev–Trinajstić information content (AvgIpc) is 2.78. The Morgan fingerprint density at radius 2 is 0.969 bits per heavy atom. The zero-order valence-electron chi connectivity index (χ0n) is 21.9. The number of unbranched alkanes of at least 4 members (excludes halogenated alkanes) is 18. The van der Waals surface area contributed by atoms with E-state index in [9.17, 15) is 9.59 Å². The number of rotatable bonds is 24. The van der Waals surface area contributed by atoms with Crippen LogP contribution in [-0.2, 0) is 14.3 Å². The van der Waals surface area contributed by atoms with Crippen molar-refractivity contribution in [2.45, 2.75) is 162 Å². The van der Waals surface area contributed by atoms with Crippen LogP contribution in [0.4, 0.5) is 0 Å². The first-order valence-corrected chi connectivity index (χ1v) is 14.1. The third kappa shape index (κ3) is 22.1. The Morgan fingerprint density at radius 3 is 1.41 bits per heavy atom. The minimum absolute atomic E-state index is 0.0436. The normalized spacial score (nSPS) is 12.0. The van der Waals surface area contributed by atoms with Crippen LogP contribution in [0.5, 0.6) is 0 Å². The zero-order chi connectivity index (χ0) is 23.7. The number of nitrogens with one attached hydrogen (secondary N) is 1. The van der Waals surface area contributed by atoms with Gasteiger partial charge in [0.1, 0.15) is 6.04 Å². The van der Waals surface area contributed by atoms with Crippen LogP contribution in [-0.4, -0.2) is 24.5 Å². The fourth-order valence-corrected chi connectivity index (χ4v) is 4.03. The molecule has 0 bridgehead atoms. The lowest BCUT2D eigenvalue weighted by Crippen LogP contribution is -2.39. The second kappa shape index (κ2) is 24.6. The first kappa shape index (κ1) is 30.9. The molecule has 32 heavy (non-hydrogen) atoms. The molecule has 0 unspecified atom stereocenters. The van der Waals surface area contributed by atoms with Gasteiger partial charge in [0, 0.05) is 6.42 Å². The van der Waals surface area contributed by atoms with Crippen molar-refractivity contribution in [2.24, 2.45) is 0 Å². The summed E-state index contributed by atoms with van der Waals surface area (Å²) in [4.78, 5) is 23.9. The van der Waals surface area contributed by atoms with Crippen molar-refractivity contribution in [1.29, 1.82) is 0 Å². The largest absolute Gasteiger partial charge is 0.464 e. The lowest BCUT2D eigenvalue weighted by atomic mass is 10.0. The Labute approximate surface area is 200 Å². The number of hydrogen-bond donors (Lipinski definition) is 1. The number of carbonyl (C=O) groups is 2. The van der Waals surface area contributed by atoms with E-state index >= 15 is 0 Å². The van der Waals surface area contributed by atoms with E-state index in [0.29, 0.717) is 13.0 Å². The van der Waals surface area contributed by atoms with Crippen molar-refractivity contribution in [3.8, 4) is 0 Å². The van der Waals surface area contributed by atoms with Crippen molar-refractivity contribution in [3.05, 3.63) is 0 Å². The molecule has 4 heteroatoms.